The molecule has 0 radical (unpaired) electrons. The normalized spacial score (nSPS) is 13.8. The minimum atomic E-state index is -1.16. The number of hydrogen-bond donors (Lipinski definition) is 1. The van der Waals surface area contributed by atoms with E-state index in [2.05, 4.69) is 0 Å². The van der Waals surface area contributed by atoms with E-state index in [9.17, 15) is 14.9 Å². The number of nitro benzene ring substituents is 1. The van der Waals surface area contributed by atoms with E-state index in [0.29, 0.717) is 18.8 Å². The number of benzene rings is 1. The summed E-state index contributed by atoms with van der Waals surface area (Å²) in [7, 11) is 0. The van der Waals surface area contributed by atoms with Crippen LogP contribution < -0.4 is 4.90 Å². The number of hydrogen-bond acceptors (Lipinski definition) is 5. The van der Waals surface area contributed by atoms with E-state index in [0.717, 1.165) is 12.5 Å². The van der Waals surface area contributed by atoms with E-state index >= 15 is 0 Å². The Morgan fingerprint density at radius 1 is 1.38 bits per heavy atom. The van der Waals surface area contributed by atoms with Crippen molar-refractivity contribution in [1.82, 2.24) is 0 Å². The maximum absolute atomic E-state index is 11.2. The molecule has 7 heteroatoms. The van der Waals surface area contributed by atoms with Crippen LogP contribution in [0.15, 0.2) is 29.6 Å². The Kier molecular flexibility index (Phi) is 3.34. The number of anilines is 1. The van der Waals surface area contributed by atoms with E-state index < -0.39 is 10.9 Å². The zero-order valence-corrected chi connectivity index (χ0v) is 11.8. The highest BCUT2D eigenvalue weighted by atomic mass is 32.1. The number of nitro groups is 1. The summed E-state index contributed by atoms with van der Waals surface area (Å²) in [6.07, 6.45) is 0.852. The molecule has 2 heterocycles. The Morgan fingerprint density at radius 2 is 2.19 bits per heavy atom. The van der Waals surface area contributed by atoms with Gasteiger partial charge in [0, 0.05) is 24.0 Å². The van der Waals surface area contributed by atoms with Gasteiger partial charge in [-0.05, 0) is 35.6 Å². The second-order valence-corrected chi connectivity index (χ2v) is 5.81. The molecule has 1 N–H and O–H groups in total. The highest BCUT2D eigenvalue weighted by molar-refractivity contribution is 7.10. The highest BCUT2D eigenvalue weighted by Crippen LogP contribution is 2.34. The second-order valence-electron chi connectivity index (χ2n) is 4.81. The number of fused-ring (bicyclic) bond motifs is 1. The summed E-state index contributed by atoms with van der Waals surface area (Å²) in [4.78, 5) is 24.9. The van der Waals surface area contributed by atoms with Gasteiger partial charge >= 0.3 is 5.97 Å². The zero-order chi connectivity index (χ0) is 15.0. The Hall–Kier alpha value is -2.41. The molecule has 0 unspecified atom stereocenters. The number of carboxylic acids is 1. The topological polar surface area (TPSA) is 83.7 Å². The molecule has 108 valence electrons. The molecule has 1 aliphatic heterocycles. The number of thiophene rings is 1. The van der Waals surface area contributed by atoms with Gasteiger partial charge in [0.15, 0.2) is 0 Å². The zero-order valence-electron chi connectivity index (χ0n) is 11.0. The number of nitrogens with zero attached hydrogens (tertiary/aromatic N) is 2. The van der Waals surface area contributed by atoms with Gasteiger partial charge in [0.25, 0.3) is 5.69 Å². The van der Waals surface area contributed by atoms with Crippen LogP contribution in [0, 0.1) is 10.1 Å². The molecular formula is C14H12N2O4S. The molecular weight excluding hydrogens is 292 g/mol. The summed E-state index contributed by atoms with van der Waals surface area (Å²) in [6.45, 7) is 1.31. The van der Waals surface area contributed by atoms with Gasteiger partial charge in [-0.2, -0.15) is 0 Å². The van der Waals surface area contributed by atoms with Gasteiger partial charge in [-0.1, -0.05) is 0 Å². The molecule has 0 bridgehead atoms. The van der Waals surface area contributed by atoms with Crippen molar-refractivity contribution in [3.8, 4) is 0 Å². The van der Waals surface area contributed by atoms with E-state index in [1.165, 1.54) is 22.6 Å². The Bertz CT molecular complexity index is 726. The minimum absolute atomic E-state index is 0.0707. The molecule has 0 saturated heterocycles. The molecule has 1 aromatic heterocycles. The van der Waals surface area contributed by atoms with Crippen molar-refractivity contribution in [2.24, 2.45) is 0 Å². The summed E-state index contributed by atoms with van der Waals surface area (Å²) >= 11 is 1.70. The Balaban J connectivity index is 1.99. The van der Waals surface area contributed by atoms with Crippen LogP contribution in [0.3, 0.4) is 0 Å². The molecule has 6 nitrogen and oxygen atoms in total. The van der Waals surface area contributed by atoms with Crippen molar-refractivity contribution in [3.05, 3.63) is 55.8 Å². The SMILES string of the molecule is O=C(O)c1ccc(N2CCc3sccc3C2)c([N+](=O)[O-])c1. The Labute approximate surface area is 124 Å². The first-order valence-corrected chi connectivity index (χ1v) is 7.26. The van der Waals surface area contributed by atoms with Crippen molar-refractivity contribution in [1.29, 1.82) is 0 Å². The lowest BCUT2D eigenvalue weighted by atomic mass is 10.1. The maximum atomic E-state index is 11.2. The summed E-state index contributed by atoms with van der Waals surface area (Å²) in [5.41, 5.74) is 1.43. The van der Waals surface area contributed by atoms with Crippen LogP contribution in [0.1, 0.15) is 20.8 Å². The fraction of sp³-hybridized carbons (Fsp3) is 0.214. The number of aromatic carboxylic acids is 1. The van der Waals surface area contributed by atoms with Crippen LogP contribution in [0.25, 0.3) is 0 Å². The van der Waals surface area contributed by atoms with Crippen LogP contribution in [0.4, 0.5) is 11.4 Å². The van der Waals surface area contributed by atoms with Crippen molar-refractivity contribution < 1.29 is 14.8 Å². The van der Waals surface area contributed by atoms with Gasteiger partial charge in [0.2, 0.25) is 0 Å². The second kappa shape index (κ2) is 5.17. The fourth-order valence-corrected chi connectivity index (χ4v) is 3.41. The standard InChI is InChI=1S/C14H12N2O4S/c17-14(18)9-1-2-11(12(7-9)16(19)20)15-5-3-13-10(8-15)4-6-21-13/h1-2,4,6-7H,3,5,8H2,(H,17,18). The third-order valence-electron chi connectivity index (χ3n) is 3.57. The van der Waals surface area contributed by atoms with Crippen molar-refractivity contribution in [2.45, 2.75) is 13.0 Å². The van der Waals surface area contributed by atoms with Gasteiger partial charge in [-0.15, -0.1) is 11.3 Å². The number of rotatable bonds is 3. The summed E-state index contributed by atoms with van der Waals surface area (Å²) in [5, 5.41) is 22.2. The third kappa shape index (κ3) is 2.47. The van der Waals surface area contributed by atoms with Crippen LogP contribution in [-0.4, -0.2) is 22.5 Å². The smallest absolute Gasteiger partial charge is 0.335 e. The molecule has 0 atom stereocenters. The van der Waals surface area contributed by atoms with Gasteiger partial charge < -0.3 is 10.0 Å². The lowest BCUT2D eigenvalue weighted by Crippen LogP contribution is -2.30. The van der Waals surface area contributed by atoms with Crippen LogP contribution in [-0.2, 0) is 13.0 Å². The Morgan fingerprint density at radius 3 is 2.90 bits per heavy atom. The van der Waals surface area contributed by atoms with Crippen molar-refractivity contribution >= 4 is 28.7 Å². The van der Waals surface area contributed by atoms with Gasteiger partial charge in [0.1, 0.15) is 5.69 Å². The average molecular weight is 304 g/mol. The molecule has 0 aliphatic carbocycles. The van der Waals surface area contributed by atoms with E-state index in [1.807, 2.05) is 16.3 Å². The fourth-order valence-electron chi connectivity index (χ4n) is 2.52. The predicted molar refractivity (Wildman–Crippen MR) is 79.1 cm³/mol. The molecule has 0 saturated carbocycles. The van der Waals surface area contributed by atoms with Gasteiger partial charge in [-0.3, -0.25) is 10.1 Å². The first-order chi connectivity index (χ1) is 10.1. The van der Waals surface area contributed by atoms with Crippen LogP contribution in [0.5, 0.6) is 0 Å². The molecule has 0 amide bonds. The molecule has 0 spiro atoms. The molecule has 0 fully saturated rings. The largest absolute Gasteiger partial charge is 0.478 e. The molecule has 2 aromatic rings. The first-order valence-electron chi connectivity index (χ1n) is 6.38. The molecule has 3 rings (SSSR count). The molecule has 1 aliphatic rings. The van der Waals surface area contributed by atoms with E-state index in [-0.39, 0.29) is 11.3 Å². The lowest BCUT2D eigenvalue weighted by molar-refractivity contribution is -0.384. The monoisotopic (exact) mass is 304 g/mol. The summed E-state index contributed by atoms with van der Waals surface area (Å²) < 4.78 is 0. The number of carboxylic acid groups (broad SMARTS) is 1. The van der Waals surface area contributed by atoms with Gasteiger partial charge in [0.05, 0.1) is 10.5 Å². The summed E-state index contributed by atoms with van der Waals surface area (Å²) in [5.74, 6) is -1.16. The lowest BCUT2D eigenvalue weighted by Gasteiger charge is -2.28. The predicted octanol–water partition coefficient (Wildman–Crippen LogP) is 2.92. The van der Waals surface area contributed by atoms with Gasteiger partial charge in [-0.25, -0.2) is 4.79 Å². The maximum Gasteiger partial charge on any atom is 0.335 e. The third-order valence-corrected chi connectivity index (χ3v) is 4.59. The van der Waals surface area contributed by atoms with Crippen LogP contribution >= 0.6 is 11.3 Å². The van der Waals surface area contributed by atoms with E-state index in [4.69, 9.17) is 5.11 Å². The average Bonchev–Trinajstić information content (AvgIpc) is 2.93. The summed E-state index contributed by atoms with van der Waals surface area (Å²) in [6, 6.07) is 6.09. The van der Waals surface area contributed by atoms with Crippen LogP contribution in [0.2, 0.25) is 0 Å². The molecule has 21 heavy (non-hydrogen) atoms. The minimum Gasteiger partial charge on any atom is -0.478 e. The quantitative estimate of drug-likeness (QED) is 0.696. The first kappa shape index (κ1) is 13.6. The highest BCUT2D eigenvalue weighted by Gasteiger charge is 2.25. The van der Waals surface area contributed by atoms with E-state index in [1.54, 1.807) is 11.3 Å². The van der Waals surface area contributed by atoms with Crippen molar-refractivity contribution in [3.63, 3.8) is 0 Å². The van der Waals surface area contributed by atoms with Crippen molar-refractivity contribution in [2.75, 3.05) is 11.4 Å². The molecule has 1 aromatic carbocycles. The number of carbonyl (C=O) groups is 1.